The minimum Gasteiger partial charge on any atom is -0.405 e. The van der Waals surface area contributed by atoms with Crippen LogP contribution in [0.25, 0.3) is 0 Å². The number of nitrogens with two attached hydrogens (primary N) is 1. The van der Waals surface area contributed by atoms with Gasteiger partial charge in [-0.3, -0.25) is 4.79 Å². The summed E-state index contributed by atoms with van der Waals surface area (Å²) >= 11 is 0. The molecule has 0 fully saturated rings. The van der Waals surface area contributed by atoms with Gasteiger partial charge in [-0.05, 0) is 12.0 Å². The number of hydrogen-bond donors (Lipinski definition) is 2. The number of para-hydroxylation sites is 1. The van der Waals surface area contributed by atoms with Gasteiger partial charge in [-0.25, -0.2) is 0 Å². The van der Waals surface area contributed by atoms with Crippen LogP contribution in [-0.4, -0.2) is 18.3 Å². The zero-order valence-electron chi connectivity index (χ0n) is 11.9. The van der Waals surface area contributed by atoms with Crippen molar-refractivity contribution in [1.82, 2.24) is 5.32 Å². The van der Waals surface area contributed by atoms with Crippen molar-refractivity contribution in [2.45, 2.75) is 39.2 Å². The smallest absolute Gasteiger partial charge is 0.405 e. The highest BCUT2D eigenvalue weighted by Gasteiger charge is 2.32. The van der Waals surface area contributed by atoms with E-state index >= 15 is 0 Å². The fourth-order valence-corrected chi connectivity index (χ4v) is 1.69. The van der Waals surface area contributed by atoms with E-state index in [0.29, 0.717) is 0 Å². The number of ether oxygens (including phenoxy) is 1. The van der Waals surface area contributed by atoms with Crippen molar-refractivity contribution in [2.75, 3.05) is 0 Å². The van der Waals surface area contributed by atoms with Gasteiger partial charge in [-0.1, -0.05) is 38.5 Å². The highest BCUT2D eigenvalue weighted by atomic mass is 19.4. The summed E-state index contributed by atoms with van der Waals surface area (Å²) < 4.78 is 40.7. The van der Waals surface area contributed by atoms with Gasteiger partial charge in [0.1, 0.15) is 5.75 Å². The predicted octanol–water partition coefficient (Wildman–Crippen LogP) is 2.57. The number of benzene rings is 1. The van der Waals surface area contributed by atoms with Gasteiger partial charge < -0.3 is 15.8 Å². The van der Waals surface area contributed by atoms with E-state index in [9.17, 15) is 18.0 Å². The molecule has 1 amide bonds. The quantitative estimate of drug-likeness (QED) is 0.849. The molecule has 0 aliphatic heterocycles. The van der Waals surface area contributed by atoms with Gasteiger partial charge in [-0.2, -0.15) is 0 Å². The minimum absolute atomic E-state index is 0.00771. The highest BCUT2D eigenvalue weighted by molar-refractivity contribution is 5.81. The second-order valence-electron chi connectivity index (χ2n) is 4.78. The van der Waals surface area contributed by atoms with Crippen LogP contribution in [0.3, 0.4) is 0 Å². The first kappa shape index (κ1) is 17.3. The van der Waals surface area contributed by atoms with Gasteiger partial charge >= 0.3 is 6.36 Å². The topological polar surface area (TPSA) is 64.4 Å². The lowest BCUT2D eigenvalue weighted by Gasteiger charge is -2.18. The molecule has 118 valence electrons. The first-order chi connectivity index (χ1) is 9.74. The first-order valence-electron chi connectivity index (χ1n) is 6.61. The Morgan fingerprint density at radius 3 is 2.57 bits per heavy atom. The Hall–Kier alpha value is -1.76. The van der Waals surface area contributed by atoms with Crippen molar-refractivity contribution in [3.8, 4) is 5.75 Å². The molecular weight excluding hydrogens is 285 g/mol. The van der Waals surface area contributed by atoms with E-state index in [-0.39, 0.29) is 23.8 Å². The number of carbonyl (C=O) groups excluding carboxylic acids is 1. The molecule has 0 bridgehead atoms. The summed E-state index contributed by atoms with van der Waals surface area (Å²) in [6.07, 6.45) is -4.03. The van der Waals surface area contributed by atoms with E-state index < -0.39 is 18.3 Å². The van der Waals surface area contributed by atoms with Crippen LogP contribution >= 0.6 is 0 Å². The standard InChI is InChI=1S/C14H19F3N2O2/c1-3-9(2)12(18)13(20)19-8-10-6-4-5-7-11(10)21-14(15,16)17/h4-7,9,12H,3,8,18H2,1-2H3,(H,19,20). The molecule has 4 nitrogen and oxygen atoms in total. The summed E-state index contributed by atoms with van der Waals surface area (Å²) in [4.78, 5) is 11.8. The van der Waals surface area contributed by atoms with Crippen molar-refractivity contribution >= 4 is 5.91 Å². The Labute approximate surface area is 121 Å². The molecule has 0 aliphatic carbocycles. The average molecular weight is 304 g/mol. The number of nitrogens with one attached hydrogen (secondary N) is 1. The Balaban J connectivity index is 2.69. The van der Waals surface area contributed by atoms with Crippen molar-refractivity contribution in [3.05, 3.63) is 29.8 Å². The molecular formula is C14H19F3N2O2. The summed E-state index contributed by atoms with van der Waals surface area (Å²) in [5.74, 6) is -0.736. The van der Waals surface area contributed by atoms with Crippen LogP contribution < -0.4 is 15.8 Å². The van der Waals surface area contributed by atoms with Gasteiger partial charge in [0, 0.05) is 12.1 Å². The number of rotatable bonds is 6. The SMILES string of the molecule is CCC(C)C(N)C(=O)NCc1ccccc1OC(F)(F)F. The van der Waals surface area contributed by atoms with Crippen LogP contribution in [0.2, 0.25) is 0 Å². The normalized spacial score (nSPS) is 14.4. The number of alkyl halides is 3. The zero-order chi connectivity index (χ0) is 16.0. The fraction of sp³-hybridized carbons (Fsp3) is 0.500. The van der Waals surface area contributed by atoms with Gasteiger partial charge in [0.25, 0.3) is 0 Å². The molecule has 2 atom stereocenters. The van der Waals surface area contributed by atoms with Gasteiger partial charge in [0.05, 0.1) is 6.04 Å². The van der Waals surface area contributed by atoms with E-state index in [0.717, 1.165) is 6.42 Å². The van der Waals surface area contributed by atoms with Crippen LogP contribution in [0, 0.1) is 5.92 Å². The van der Waals surface area contributed by atoms with Crippen LogP contribution in [0.5, 0.6) is 5.75 Å². The molecule has 0 spiro atoms. The summed E-state index contributed by atoms with van der Waals surface area (Å²) in [6.45, 7) is 3.67. The molecule has 1 aromatic carbocycles. The first-order valence-corrected chi connectivity index (χ1v) is 6.61. The predicted molar refractivity (Wildman–Crippen MR) is 72.4 cm³/mol. The number of amides is 1. The Bertz CT molecular complexity index is 478. The minimum atomic E-state index is -4.77. The lowest BCUT2D eigenvalue weighted by atomic mass is 9.99. The van der Waals surface area contributed by atoms with Crippen LogP contribution in [0.4, 0.5) is 13.2 Å². The van der Waals surface area contributed by atoms with Crippen molar-refractivity contribution in [2.24, 2.45) is 11.7 Å². The molecule has 0 saturated heterocycles. The molecule has 0 saturated carbocycles. The third-order valence-corrected chi connectivity index (χ3v) is 3.21. The summed E-state index contributed by atoms with van der Waals surface area (Å²) in [5, 5.41) is 2.53. The third kappa shape index (κ3) is 5.63. The molecule has 1 rings (SSSR count). The van der Waals surface area contributed by atoms with Crippen molar-refractivity contribution in [3.63, 3.8) is 0 Å². The molecule has 7 heteroatoms. The molecule has 0 aliphatic rings. The van der Waals surface area contributed by atoms with E-state index in [2.05, 4.69) is 10.1 Å². The van der Waals surface area contributed by atoms with Crippen molar-refractivity contribution in [1.29, 1.82) is 0 Å². The largest absolute Gasteiger partial charge is 0.573 e. The monoisotopic (exact) mass is 304 g/mol. The molecule has 3 N–H and O–H groups in total. The van der Waals surface area contributed by atoms with Gasteiger partial charge in [0.15, 0.2) is 0 Å². The lowest BCUT2D eigenvalue weighted by Crippen LogP contribution is -2.44. The van der Waals surface area contributed by atoms with Crippen LogP contribution in [0.1, 0.15) is 25.8 Å². The zero-order valence-corrected chi connectivity index (χ0v) is 11.9. The Kier molecular flexibility index (Phi) is 6.02. The van der Waals surface area contributed by atoms with E-state index in [4.69, 9.17) is 5.73 Å². The van der Waals surface area contributed by atoms with Crippen LogP contribution in [-0.2, 0) is 11.3 Å². The second kappa shape index (κ2) is 7.31. The summed E-state index contributed by atoms with van der Waals surface area (Å²) in [7, 11) is 0. The molecule has 21 heavy (non-hydrogen) atoms. The maximum atomic E-state index is 12.3. The fourth-order valence-electron chi connectivity index (χ4n) is 1.69. The summed E-state index contributed by atoms with van der Waals surface area (Å²) in [5.41, 5.74) is 5.99. The number of carbonyl (C=O) groups is 1. The maximum Gasteiger partial charge on any atom is 0.573 e. The van der Waals surface area contributed by atoms with E-state index in [1.54, 1.807) is 6.07 Å². The summed E-state index contributed by atoms with van der Waals surface area (Å²) in [6, 6.07) is 4.96. The highest BCUT2D eigenvalue weighted by Crippen LogP contribution is 2.26. The van der Waals surface area contributed by atoms with E-state index in [1.807, 2.05) is 13.8 Å². The molecule has 2 unspecified atom stereocenters. The third-order valence-electron chi connectivity index (χ3n) is 3.21. The Morgan fingerprint density at radius 2 is 2.00 bits per heavy atom. The van der Waals surface area contributed by atoms with E-state index in [1.165, 1.54) is 18.2 Å². The average Bonchev–Trinajstić information content (AvgIpc) is 2.42. The molecule has 0 heterocycles. The van der Waals surface area contributed by atoms with Gasteiger partial charge in [0.2, 0.25) is 5.91 Å². The molecule has 0 radical (unpaired) electrons. The molecule has 0 aromatic heterocycles. The molecule has 1 aromatic rings. The van der Waals surface area contributed by atoms with Crippen LogP contribution in [0.15, 0.2) is 24.3 Å². The van der Waals surface area contributed by atoms with Crippen molar-refractivity contribution < 1.29 is 22.7 Å². The lowest BCUT2D eigenvalue weighted by molar-refractivity contribution is -0.274. The second-order valence-corrected chi connectivity index (χ2v) is 4.78. The maximum absolute atomic E-state index is 12.3. The number of hydrogen-bond acceptors (Lipinski definition) is 3. The Morgan fingerprint density at radius 1 is 1.38 bits per heavy atom. The number of halogens is 3. The van der Waals surface area contributed by atoms with Gasteiger partial charge in [-0.15, -0.1) is 13.2 Å².